The quantitative estimate of drug-likeness (QED) is 0.844. The fourth-order valence-electron chi connectivity index (χ4n) is 2.41. The van der Waals surface area contributed by atoms with Gasteiger partial charge in [0.05, 0.1) is 3.79 Å². The second kappa shape index (κ2) is 5.58. The molecular formula is C15H14BrNO2S. The van der Waals surface area contributed by atoms with E-state index in [1.807, 2.05) is 37.4 Å². The minimum atomic E-state index is -0.182. The van der Waals surface area contributed by atoms with Crippen molar-refractivity contribution in [2.24, 2.45) is 0 Å². The van der Waals surface area contributed by atoms with Crippen molar-refractivity contribution in [1.29, 1.82) is 0 Å². The molecule has 0 fully saturated rings. The van der Waals surface area contributed by atoms with E-state index in [1.54, 1.807) is 16.2 Å². The number of para-hydroxylation sites is 1. The fraction of sp³-hybridized carbons (Fsp3) is 0.267. The molecule has 104 valence electrons. The van der Waals surface area contributed by atoms with E-state index >= 15 is 0 Å². The van der Waals surface area contributed by atoms with E-state index < -0.39 is 0 Å². The lowest BCUT2D eigenvalue weighted by molar-refractivity contribution is -0.132. The molecule has 1 aromatic heterocycles. The zero-order valence-electron chi connectivity index (χ0n) is 11.0. The molecule has 1 aromatic carbocycles. The second-order valence-electron chi connectivity index (χ2n) is 4.85. The minimum absolute atomic E-state index is 0.109. The molecule has 0 spiro atoms. The number of rotatable bonds is 3. The van der Waals surface area contributed by atoms with Crippen LogP contribution in [0, 0.1) is 0 Å². The number of fused-ring (bicyclic) bond motifs is 1. The van der Waals surface area contributed by atoms with Crippen LogP contribution in [-0.2, 0) is 11.3 Å². The van der Waals surface area contributed by atoms with Crippen molar-refractivity contribution < 1.29 is 9.53 Å². The van der Waals surface area contributed by atoms with E-state index in [9.17, 15) is 4.79 Å². The number of hydrogen-bond donors (Lipinski definition) is 0. The van der Waals surface area contributed by atoms with Crippen LogP contribution in [-0.4, -0.2) is 24.5 Å². The summed E-state index contributed by atoms with van der Waals surface area (Å²) in [5.74, 6) is 0.757. The zero-order chi connectivity index (χ0) is 14.1. The first-order valence-electron chi connectivity index (χ1n) is 6.35. The van der Waals surface area contributed by atoms with Gasteiger partial charge in [0.1, 0.15) is 18.3 Å². The first-order chi connectivity index (χ1) is 9.65. The normalized spacial score (nSPS) is 16.6. The summed E-state index contributed by atoms with van der Waals surface area (Å²) in [5.41, 5.74) is 2.14. The van der Waals surface area contributed by atoms with Crippen LogP contribution in [0.3, 0.4) is 0 Å². The average Bonchev–Trinajstić information content (AvgIpc) is 3.04. The maximum Gasteiger partial charge on any atom is 0.233 e. The van der Waals surface area contributed by atoms with Gasteiger partial charge in [-0.25, -0.2) is 0 Å². The van der Waals surface area contributed by atoms with Crippen molar-refractivity contribution in [3.8, 4) is 5.75 Å². The SMILES string of the molecule is CN(Cc1csc(Br)c1)C(=O)C1COc2ccccc21. The average molecular weight is 352 g/mol. The van der Waals surface area contributed by atoms with Crippen LogP contribution in [0.5, 0.6) is 5.75 Å². The Morgan fingerprint density at radius 2 is 2.30 bits per heavy atom. The van der Waals surface area contributed by atoms with Gasteiger partial charge in [-0.3, -0.25) is 4.79 Å². The molecule has 0 saturated carbocycles. The van der Waals surface area contributed by atoms with Crippen molar-refractivity contribution in [2.45, 2.75) is 12.5 Å². The van der Waals surface area contributed by atoms with Gasteiger partial charge in [-0.05, 0) is 39.0 Å². The molecule has 20 heavy (non-hydrogen) atoms. The summed E-state index contributed by atoms with van der Waals surface area (Å²) in [5, 5.41) is 2.06. The van der Waals surface area contributed by atoms with Crippen LogP contribution >= 0.6 is 27.3 Å². The monoisotopic (exact) mass is 351 g/mol. The molecule has 0 radical (unpaired) electrons. The highest BCUT2D eigenvalue weighted by atomic mass is 79.9. The predicted octanol–water partition coefficient (Wildman–Crippen LogP) is 3.65. The summed E-state index contributed by atoms with van der Waals surface area (Å²) in [6.07, 6.45) is 0. The van der Waals surface area contributed by atoms with Crippen molar-refractivity contribution in [3.05, 3.63) is 50.6 Å². The Morgan fingerprint density at radius 1 is 1.50 bits per heavy atom. The third-order valence-electron chi connectivity index (χ3n) is 3.42. The second-order valence-corrected chi connectivity index (χ2v) is 7.15. The van der Waals surface area contributed by atoms with Crippen LogP contribution in [0.4, 0.5) is 0 Å². The van der Waals surface area contributed by atoms with E-state index in [4.69, 9.17) is 4.74 Å². The molecule has 0 saturated heterocycles. The van der Waals surface area contributed by atoms with Gasteiger partial charge < -0.3 is 9.64 Å². The molecule has 1 atom stereocenters. The van der Waals surface area contributed by atoms with Crippen molar-refractivity contribution in [1.82, 2.24) is 4.90 Å². The number of thiophene rings is 1. The lowest BCUT2D eigenvalue weighted by Crippen LogP contribution is -2.31. The van der Waals surface area contributed by atoms with Gasteiger partial charge in [0.25, 0.3) is 0 Å². The Balaban J connectivity index is 1.73. The topological polar surface area (TPSA) is 29.5 Å². The highest BCUT2D eigenvalue weighted by Gasteiger charge is 2.31. The summed E-state index contributed by atoms with van der Waals surface area (Å²) in [6, 6.07) is 9.81. The Labute approximate surface area is 130 Å². The zero-order valence-corrected chi connectivity index (χ0v) is 13.4. The maximum atomic E-state index is 12.6. The van der Waals surface area contributed by atoms with Crippen molar-refractivity contribution >= 4 is 33.2 Å². The summed E-state index contributed by atoms with van der Waals surface area (Å²) in [4.78, 5) is 14.3. The number of hydrogen-bond acceptors (Lipinski definition) is 3. The van der Waals surface area contributed by atoms with Gasteiger partial charge in [0.2, 0.25) is 5.91 Å². The molecule has 2 heterocycles. The molecule has 5 heteroatoms. The number of likely N-dealkylation sites (N-methyl/N-ethyl adjacent to an activating group) is 1. The van der Waals surface area contributed by atoms with Crippen LogP contribution in [0.1, 0.15) is 17.0 Å². The number of nitrogens with zero attached hydrogens (tertiary/aromatic N) is 1. The largest absolute Gasteiger partial charge is 0.492 e. The van der Waals surface area contributed by atoms with Crippen LogP contribution < -0.4 is 4.74 Å². The third-order valence-corrected chi connectivity index (χ3v) is 4.97. The van der Waals surface area contributed by atoms with Crippen LogP contribution in [0.25, 0.3) is 0 Å². The standard InChI is InChI=1S/C15H14BrNO2S/c1-17(7-10-6-14(16)20-9-10)15(18)12-8-19-13-5-3-2-4-11(12)13/h2-6,9,12H,7-8H2,1H3. The van der Waals surface area contributed by atoms with Crippen LogP contribution in [0.15, 0.2) is 39.5 Å². The first kappa shape index (κ1) is 13.6. The number of carbonyl (C=O) groups is 1. The third kappa shape index (κ3) is 2.60. The summed E-state index contributed by atoms with van der Waals surface area (Å²) in [6.45, 7) is 1.06. The molecule has 0 N–H and O–H groups in total. The Kier molecular flexibility index (Phi) is 3.81. The number of ether oxygens (including phenoxy) is 1. The summed E-state index contributed by atoms with van der Waals surface area (Å²) < 4.78 is 6.67. The number of halogens is 1. The molecular weight excluding hydrogens is 338 g/mol. The molecule has 0 aliphatic carbocycles. The number of carbonyl (C=O) groups excluding carboxylic acids is 1. The summed E-state index contributed by atoms with van der Waals surface area (Å²) in [7, 11) is 1.84. The minimum Gasteiger partial charge on any atom is -0.492 e. The summed E-state index contributed by atoms with van der Waals surface area (Å²) >= 11 is 5.07. The number of benzene rings is 1. The lowest BCUT2D eigenvalue weighted by Gasteiger charge is -2.20. The first-order valence-corrected chi connectivity index (χ1v) is 8.02. The molecule has 1 aliphatic rings. The van der Waals surface area contributed by atoms with Gasteiger partial charge in [-0.2, -0.15) is 0 Å². The van der Waals surface area contributed by atoms with E-state index in [0.717, 1.165) is 20.7 Å². The van der Waals surface area contributed by atoms with Gasteiger partial charge in [0.15, 0.2) is 0 Å². The smallest absolute Gasteiger partial charge is 0.233 e. The van der Waals surface area contributed by atoms with Crippen LogP contribution in [0.2, 0.25) is 0 Å². The fourth-order valence-corrected chi connectivity index (χ4v) is 3.61. The molecule has 1 unspecified atom stereocenters. The molecule has 2 aromatic rings. The lowest BCUT2D eigenvalue weighted by atomic mass is 10.00. The van der Waals surface area contributed by atoms with Gasteiger partial charge in [-0.15, -0.1) is 11.3 Å². The Hall–Kier alpha value is -1.33. The predicted molar refractivity (Wildman–Crippen MR) is 83.2 cm³/mol. The van der Waals surface area contributed by atoms with E-state index in [0.29, 0.717) is 13.2 Å². The Bertz CT molecular complexity index is 640. The van der Waals surface area contributed by atoms with Gasteiger partial charge >= 0.3 is 0 Å². The van der Waals surface area contributed by atoms with E-state index in [2.05, 4.69) is 21.3 Å². The molecule has 3 nitrogen and oxygen atoms in total. The van der Waals surface area contributed by atoms with E-state index in [-0.39, 0.29) is 11.8 Å². The van der Waals surface area contributed by atoms with Crippen molar-refractivity contribution in [3.63, 3.8) is 0 Å². The van der Waals surface area contributed by atoms with Gasteiger partial charge in [0, 0.05) is 19.2 Å². The molecule has 3 rings (SSSR count). The maximum absolute atomic E-state index is 12.6. The van der Waals surface area contributed by atoms with Gasteiger partial charge in [-0.1, -0.05) is 18.2 Å². The Morgan fingerprint density at radius 3 is 3.05 bits per heavy atom. The van der Waals surface area contributed by atoms with Crippen molar-refractivity contribution in [2.75, 3.05) is 13.7 Å². The highest BCUT2D eigenvalue weighted by Crippen LogP contribution is 2.34. The van der Waals surface area contributed by atoms with E-state index in [1.165, 1.54) is 0 Å². The molecule has 0 bridgehead atoms. The molecule has 1 amide bonds. The number of amides is 1. The highest BCUT2D eigenvalue weighted by molar-refractivity contribution is 9.11. The molecule has 1 aliphatic heterocycles.